The molecular weight excluding hydrogens is 304 g/mol. The fourth-order valence-electron chi connectivity index (χ4n) is 2.29. The summed E-state index contributed by atoms with van der Waals surface area (Å²) in [7, 11) is 0. The number of nitrogens with two attached hydrogens (primary N) is 1. The van der Waals surface area contributed by atoms with Gasteiger partial charge in [0.05, 0.1) is 6.54 Å². The van der Waals surface area contributed by atoms with Gasteiger partial charge in [-0.25, -0.2) is 4.68 Å². The molecule has 1 heterocycles. The summed E-state index contributed by atoms with van der Waals surface area (Å²) in [6, 6.07) is 12.3. The minimum atomic E-state index is -0.422. The summed E-state index contributed by atoms with van der Waals surface area (Å²) < 4.78 is 1.29. The molecule has 0 radical (unpaired) electrons. The Hall–Kier alpha value is -2.47. The lowest BCUT2D eigenvalue weighted by Crippen LogP contribution is -2.49. The molecule has 0 saturated heterocycles. The summed E-state index contributed by atoms with van der Waals surface area (Å²) in [6.45, 7) is 4.69. The Kier molecular flexibility index (Phi) is 5.87. The molecule has 0 bridgehead atoms. The monoisotopic (exact) mass is 328 g/mol. The summed E-state index contributed by atoms with van der Waals surface area (Å²) in [6.07, 6.45) is 1.54. The fourth-order valence-corrected chi connectivity index (χ4v) is 2.29. The third-order valence-electron chi connectivity index (χ3n) is 4.28. The van der Waals surface area contributed by atoms with Crippen molar-refractivity contribution in [2.75, 3.05) is 6.54 Å². The number of benzene rings is 1. The highest BCUT2D eigenvalue weighted by Gasteiger charge is 2.21. The maximum Gasteiger partial charge on any atom is 0.271 e. The molecule has 0 spiro atoms. The molecule has 0 saturated carbocycles. The van der Waals surface area contributed by atoms with Crippen LogP contribution in [0.25, 0.3) is 0 Å². The molecule has 6 heteroatoms. The van der Waals surface area contributed by atoms with Gasteiger partial charge in [-0.05, 0) is 24.5 Å². The number of aromatic nitrogens is 2. The van der Waals surface area contributed by atoms with E-state index < -0.39 is 5.54 Å². The zero-order chi connectivity index (χ0) is 17.6. The van der Waals surface area contributed by atoms with E-state index in [9.17, 15) is 9.59 Å². The number of hydrogen-bond acceptors (Lipinski definition) is 4. The topological polar surface area (TPSA) is 90.0 Å². The first-order valence-electron chi connectivity index (χ1n) is 8.16. The van der Waals surface area contributed by atoms with Crippen LogP contribution in [-0.4, -0.2) is 27.8 Å². The number of nitrogens with zero attached hydrogens (tertiary/aromatic N) is 2. The molecule has 3 N–H and O–H groups in total. The van der Waals surface area contributed by atoms with E-state index in [0.29, 0.717) is 13.1 Å². The van der Waals surface area contributed by atoms with Crippen molar-refractivity contribution < 1.29 is 4.79 Å². The van der Waals surface area contributed by atoms with Gasteiger partial charge in [-0.3, -0.25) is 9.59 Å². The lowest BCUT2D eigenvalue weighted by molar-refractivity contribution is 0.0934. The summed E-state index contributed by atoms with van der Waals surface area (Å²) in [4.78, 5) is 24.3. The third-order valence-corrected chi connectivity index (χ3v) is 4.28. The van der Waals surface area contributed by atoms with Crippen molar-refractivity contribution in [1.29, 1.82) is 0 Å². The van der Waals surface area contributed by atoms with Gasteiger partial charge in [-0.2, -0.15) is 5.10 Å². The van der Waals surface area contributed by atoms with E-state index in [4.69, 9.17) is 5.73 Å². The lowest BCUT2D eigenvalue weighted by Gasteiger charge is -2.26. The molecule has 0 fully saturated rings. The van der Waals surface area contributed by atoms with E-state index in [1.165, 1.54) is 16.8 Å². The second kappa shape index (κ2) is 7.88. The van der Waals surface area contributed by atoms with Crippen LogP contribution < -0.4 is 16.6 Å². The first kappa shape index (κ1) is 17.9. The number of nitrogens with one attached hydrogen (secondary N) is 1. The fraction of sp³-hybridized carbons (Fsp3) is 0.389. The van der Waals surface area contributed by atoms with Crippen LogP contribution in [-0.2, 0) is 6.54 Å². The van der Waals surface area contributed by atoms with E-state index in [2.05, 4.69) is 10.4 Å². The standard InChI is InChI=1S/C18H24N4O2/c1-3-18(19,4-2)13-20-17(24)15-10-11-16(23)22(21-15)12-14-8-6-5-7-9-14/h5-11H,3-4,12-13,19H2,1-2H3,(H,20,24). The van der Waals surface area contributed by atoms with Gasteiger partial charge in [-0.1, -0.05) is 44.2 Å². The van der Waals surface area contributed by atoms with Crippen LogP contribution >= 0.6 is 0 Å². The second-order valence-corrected chi connectivity index (χ2v) is 5.95. The van der Waals surface area contributed by atoms with Crippen molar-refractivity contribution in [3.8, 4) is 0 Å². The van der Waals surface area contributed by atoms with Gasteiger partial charge in [-0.15, -0.1) is 0 Å². The molecule has 2 aromatic rings. The number of hydrogen-bond donors (Lipinski definition) is 2. The molecule has 2 rings (SSSR count). The zero-order valence-electron chi connectivity index (χ0n) is 14.2. The number of rotatable bonds is 7. The number of amides is 1. The molecule has 1 aromatic carbocycles. The van der Waals surface area contributed by atoms with E-state index >= 15 is 0 Å². The number of carbonyl (C=O) groups is 1. The average molecular weight is 328 g/mol. The predicted molar refractivity (Wildman–Crippen MR) is 93.9 cm³/mol. The van der Waals surface area contributed by atoms with Crippen LogP contribution in [0.3, 0.4) is 0 Å². The van der Waals surface area contributed by atoms with E-state index in [0.717, 1.165) is 18.4 Å². The normalized spacial score (nSPS) is 11.3. The molecule has 128 valence electrons. The third kappa shape index (κ3) is 4.52. The minimum Gasteiger partial charge on any atom is -0.349 e. The SMILES string of the molecule is CCC(N)(CC)CNC(=O)c1ccc(=O)n(Cc2ccccc2)n1. The smallest absolute Gasteiger partial charge is 0.271 e. The van der Waals surface area contributed by atoms with Crippen LogP contribution in [0.5, 0.6) is 0 Å². The van der Waals surface area contributed by atoms with Gasteiger partial charge < -0.3 is 11.1 Å². The minimum absolute atomic E-state index is 0.208. The Morgan fingerprint density at radius 3 is 2.46 bits per heavy atom. The molecule has 0 aliphatic carbocycles. The average Bonchev–Trinajstić information content (AvgIpc) is 2.62. The first-order valence-corrected chi connectivity index (χ1v) is 8.16. The molecule has 1 aromatic heterocycles. The van der Waals surface area contributed by atoms with Crippen molar-refractivity contribution in [3.05, 3.63) is 64.1 Å². The van der Waals surface area contributed by atoms with Crippen LogP contribution in [0.2, 0.25) is 0 Å². The van der Waals surface area contributed by atoms with Gasteiger partial charge in [0.25, 0.3) is 11.5 Å². The van der Waals surface area contributed by atoms with Crippen LogP contribution in [0.4, 0.5) is 0 Å². The summed E-state index contributed by atoms with van der Waals surface area (Å²) >= 11 is 0. The van der Waals surface area contributed by atoms with Crippen molar-refractivity contribution in [2.24, 2.45) is 5.73 Å². The maximum atomic E-state index is 12.3. The highest BCUT2D eigenvalue weighted by atomic mass is 16.2. The van der Waals surface area contributed by atoms with Crippen molar-refractivity contribution in [2.45, 2.75) is 38.8 Å². The molecule has 0 unspecified atom stereocenters. The Morgan fingerprint density at radius 1 is 1.17 bits per heavy atom. The molecule has 0 aliphatic heterocycles. The van der Waals surface area contributed by atoms with E-state index in [1.54, 1.807) is 0 Å². The number of carbonyl (C=O) groups excluding carboxylic acids is 1. The van der Waals surface area contributed by atoms with E-state index in [1.807, 2.05) is 44.2 Å². The molecule has 6 nitrogen and oxygen atoms in total. The largest absolute Gasteiger partial charge is 0.349 e. The lowest BCUT2D eigenvalue weighted by atomic mass is 9.94. The Bertz CT molecular complexity index is 736. The zero-order valence-corrected chi connectivity index (χ0v) is 14.2. The molecule has 1 amide bonds. The van der Waals surface area contributed by atoms with Gasteiger partial charge in [0.1, 0.15) is 5.69 Å². The summed E-state index contributed by atoms with van der Waals surface area (Å²) in [5.74, 6) is -0.325. The Balaban J connectivity index is 2.12. The second-order valence-electron chi connectivity index (χ2n) is 5.95. The predicted octanol–water partition coefficient (Wildman–Crippen LogP) is 1.54. The Labute approximate surface area is 141 Å². The van der Waals surface area contributed by atoms with Gasteiger partial charge in [0.15, 0.2) is 0 Å². The highest BCUT2D eigenvalue weighted by Crippen LogP contribution is 2.09. The maximum absolute atomic E-state index is 12.3. The van der Waals surface area contributed by atoms with Gasteiger partial charge >= 0.3 is 0 Å². The quantitative estimate of drug-likeness (QED) is 0.807. The van der Waals surface area contributed by atoms with Gasteiger partial charge in [0.2, 0.25) is 0 Å². The summed E-state index contributed by atoms with van der Waals surface area (Å²) in [5, 5.41) is 6.98. The van der Waals surface area contributed by atoms with Gasteiger partial charge in [0, 0.05) is 18.2 Å². The first-order chi connectivity index (χ1) is 11.5. The molecule has 0 aliphatic rings. The highest BCUT2D eigenvalue weighted by molar-refractivity contribution is 5.92. The molecule has 24 heavy (non-hydrogen) atoms. The van der Waals surface area contributed by atoms with Crippen molar-refractivity contribution in [3.63, 3.8) is 0 Å². The molecular formula is C18H24N4O2. The van der Waals surface area contributed by atoms with Crippen molar-refractivity contribution in [1.82, 2.24) is 15.1 Å². The summed E-state index contributed by atoms with van der Waals surface area (Å²) in [5.41, 5.74) is 6.68. The van der Waals surface area contributed by atoms with E-state index in [-0.39, 0.29) is 17.2 Å². The van der Waals surface area contributed by atoms with Crippen LogP contribution in [0.15, 0.2) is 47.3 Å². The van der Waals surface area contributed by atoms with Crippen LogP contribution in [0.1, 0.15) is 42.7 Å². The van der Waals surface area contributed by atoms with Crippen LogP contribution in [0, 0.1) is 0 Å². The molecule has 0 atom stereocenters. The van der Waals surface area contributed by atoms with Crippen molar-refractivity contribution >= 4 is 5.91 Å². The Morgan fingerprint density at radius 2 is 1.83 bits per heavy atom.